The molecule has 0 amide bonds. The maximum atomic E-state index is 11.4. The molecule has 0 aromatic carbocycles. The summed E-state index contributed by atoms with van der Waals surface area (Å²) in [6.07, 6.45) is 3.58. The van der Waals surface area contributed by atoms with E-state index in [-0.39, 0.29) is 5.69 Å². The van der Waals surface area contributed by atoms with E-state index >= 15 is 0 Å². The molecule has 0 unspecified atom stereocenters. The minimum Gasteiger partial charge on any atom is -0.302 e. The molecule has 0 atom stereocenters. The molecule has 2 aromatic rings. The van der Waals surface area contributed by atoms with E-state index in [1.807, 2.05) is 11.4 Å². The fourth-order valence-electron chi connectivity index (χ4n) is 1.21. The van der Waals surface area contributed by atoms with Crippen LogP contribution in [0.4, 0.5) is 0 Å². The summed E-state index contributed by atoms with van der Waals surface area (Å²) in [7, 11) is 1.76. The zero-order chi connectivity index (χ0) is 9.26. The van der Waals surface area contributed by atoms with Crippen molar-refractivity contribution in [2.75, 3.05) is 0 Å². The molecule has 4 heteroatoms. The summed E-state index contributed by atoms with van der Waals surface area (Å²) in [6.45, 7) is 0.670. The Labute approximate surface area is 79.9 Å². The van der Waals surface area contributed by atoms with Crippen molar-refractivity contribution >= 4 is 11.3 Å². The first-order chi connectivity index (χ1) is 6.27. The summed E-state index contributed by atoms with van der Waals surface area (Å²) in [4.78, 5) is 11.4. The van der Waals surface area contributed by atoms with Gasteiger partial charge >= 0.3 is 5.69 Å². The van der Waals surface area contributed by atoms with Crippen molar-refractivity contribution in [3.8, 4) is 0 Å². The standard InChI is InChI=1S/C9H10N2OS/c1-10-3-4-11(9(10)12)6-8-2-5-13-7-8/h2-5,7H,6H2,1H3. The zero-order valence-electron chi connectivity index (χ0n) is 7.30. The fourth-order valence-corrected chi connectivity index (χ4v) is 1.87. The van der Waals surface area contributed by atoms with Gasteiger partial charge < -0.3 is 4.57 Å². The molecule has 3 nitrogen and oxygen atoms in total. The molecule has 0 aliphatic heterocycles. The molecule has 0 fully saturated rings. The van der Waals surface area contributed by atoms with Crippen LogP contribution in [0.1, 0.15) is 5.56 Å². The second-order valence-electron chi connectivity index (χ2n) is 2.95. The number of thiophene rings is 1. The van der Waals surface area contributed by atoms with Crippen molar-refractivity contribution in [2.45, 2.75) is 6.54 Å². The number of rotatable bonds is 2. The van der Waals surface area contributed by atoms with Crippen LogP contribution >= 0.6 is 11.3 Å². The molecule has 0 spiro atoms. The molecule has 0 aliphatic rings. The van der Waals surface area contributed by atoms with Crippen molar-refractivity contribution in [1.29, 1.82) is 0 Å². The highest BCUT2D eigenvalue weighted by Gasteiger charge is 2.00. The first-order valence-electron chi connectivity index (χ1n) is 4.00. The van der Waals surface area contributed by atoms with Crippen LogP contribution in [0.5, 0.6) is 0 Å². The van der Waals surface area contributed by atoms with Crippen molar-refractivity contribution in [3.05, 3.63) is 45.3 Å². The number of hydrogen-bond acceptors (Lipinski definition) is 2. The number of hydrogen-bond donors (Lipinski definition) is 0. The molecule has 0 aliphatic carbocycles. The third-order valence-corrected chi connectivity index (χ3v) is 2.68. The topological polar surface area (TPSA) is 26.9 Å². The second kappa shape index (κ2) is 3.22. The van der Waals surface area contributed by atoms with E-state index < -0.39 is 0 Å². The smallest absolute Gasteiger partial charge is 0.302 e. The Morgan fingerprint density at radius 3 is 2.85 bits per heavy atom. The van der Waals surface area contributed by atoms with Gasteiger partial charge in [0, 0.05) is 19.4 Å². The Balaban J connectivity index is 2.29. The predicted octanol–water partition coefficient (Wildman–Crippen LogP) is 1.30. The van der Waals surface area contributed by atoms with Gasteiger partial charge in [0.05, 0.1) is 6.54 Å². The summed E-state index contributed by atoms with van der Waals surface area (Å²) < 4.78 is 3.27. The first kappa shape index (κ1) is 8.31. The summed E-state index contributed by atoms with van der Waals surface area (Å²) in [5, 5.41) is 4.07. The lowest BCUT2D eigenvalue weighted by Gasteiger charge is -1.96. The lowest BCUT2D eigenvalue weighted by Crippen LogP contribution is -2.22. The Morgan fingerprint density at radius 1 is 1.46 bits per heavy atom. The summed E-state index contributed by atoms with van der Waals surface area (Å²) in [5.74, 6) is 0. The summed E-state index contributed by atoms with van der Waals surface area (Å²) in [6, 6.07) is 2.03. The van der Waals surface area contributed by atoms with Crippen LogP contribution in [-0.4, -0.2) is 9.13 Å². The number of aryl methyl sites for hydroxylation is 1. The van der Waals surface area contributed by atoms with Crippen molar-refractivity contribution < 1.29 is 0 Å². The van der Waals surface area contributed by atoms with Crippen LogP contribution in [0.15, 0.2) is 34.0 Å². The predicted molar refractivity (Wildman–Crippen MR) is 53.1 cm³/mol. The van der Waals surface area contributed by atoms with E-state index in [9.17, 15) is 4.79 Å². The minimum atomic E-state index is 0.0335. The number of imidazole rings is 1. The van der Waals surface area contributed by atoms with Crippen LogP contribution in [0, 0.1) is 0 Å². The molecular weight excluding hydrogens is 184 g/mol. The fraction of sp³-hybridized carbons (Fsp3) is 0.222. The average molecular weight is 194 g/mol. The third-order valence-electron chi connectivity index (χ3n) is 1.95. The van der Waals surface area contributed by atoms with E-state index in [2.05, 4.69) is 5.38 Å². The normalized spacial score (nSPS) is 10.5. The zero-order valence-corrected chi connectivity index (χ0v) is 8.12. The average Bonchev–Trinajstić information content (AvgIpc) is 2.71. The monoisotopic (exact) mass is 194 g/mol. The highest BCUT2D eigenvalue weighted by atomic mass is 32.1. The van der Waals surface area contributed by atoms with Crippen LogP contribution in [0.3, 0.4) is 0 Å². The first-order valence-corrected chi connectivity index (χ1v) is 4.94. The van der Waals surface area contributed by atoms with E-state index in [1.165, 1.54) is 5.56 Å². The van der Waals surface area contributed by atoms with Crippen molar-refractivity contribution in [1.82, 2.24) is 9.13 Å². The van der Waals surface area contributed by atoms with Crippen molar-refractivity contribution in [2.24, 2.45) is 7.05 Å². The molecule has 2 aromatic heterocycles. The van der Waals surface area contributed by atoms with Gasteiger partial charge in [0.15, 0.2) is 0 Å². The summed E-state index contributed by atoms with van der Waals surface area (Å²) >= 11 is 1.65. The quantitative estimate of drug-likeness (QED) is 0.708. The lowest BCUT2D eigenvalue weighted by molar-refractivity contribution is 0.719. The SMILES string of the molecule is Cn1ccn(Cc2ccsc2)c1=O. The van der Waals surface area contributed by atoms with Crippen LogP contribution < -0.4 is 5.69 Å². The second-order valence-corrected chi connectivity index (χ2v) is 3.73. The Bertz CT molecular complexity index is 438. The van der Waals surface area contributed by atoms with Gasteiger partial charge in [0.2, 0.25) is 0 Å². The van der Waals surface area contributed by atoms with E-state index in [4.69, 9.17) is 0 Å². The van der Waals surface area contributed by atoms with E-state index in [0.717, 1.165) is 0 Å². The molecule has 13 heavy (non-hydrogen) atoms. The van der Waals surface area contributed by atoms with E-state index in [1.54, 1.807) is 39.9 Å². The molecule has 0 saturated carbocycles. The molecule has 0 saturated heterocycles. The third kappa shape index (κ3) is 1.58. The van der Waals surface area contributed by atoms with Gasteiger partial charge in [0.1, 0.15) is 0 Å². The molecule has 0 N–H and O–H groups in total. The Hall–Kier alpha value is -1.29. The van der Waals surface area contributed by atoms with Gasteiger partial charge in [-0.1, -0.05) is 0 Å². The maximum absolute atomic E-state index is 11.4. The number of aromatic nitrogens is 2. The largest absolute Gasteiger partial charge is 0.328 e. The van der Waals surface area contributed by atoms with Crippen LogP contribution in [-0.2, 0) is 13.6 Å². The molecule has 68 valence electrons. The van der Waals surface area contributed by atoms with Gasteiger partial charge in [-0.15, -0.1) is 0 Å². The number of nitrogens with zero attached hydrogens (tertiary/aromatic N) is 2. The van der Waals surface area contributed by atoms with Gasteiger partial charge in [-0.3, -0.25) is 4.57 Å². The van der Waals surface area contributed by atoms with Gasteiger partial charge in [-0.05, 0) is 22.4 Å². The lowest BCUT2D eigenvalue weighted by atomic mass is 10.3. The Morgan fingerprint density at radius 2 is 2.31 bits per heavy atom. The van der Waals surface area contributed by atoms with Gasteiger partial charge in [-0.25, -0.2) is 4.79 Å². The molecule has 2 heterocycles. The highest BCUT2D eigenvalue weighted by molar-refractivity contribution is 7.07. The van der Waals surface area contributed by atoms with Crippen LogP contribution in [0.25, 0.3) is 0 Å². The van der Waals surface area contributed by atoms with Crippen molar-refractivity contribution in [3.63, 3.8) is 0 Å². The highest BCUT2D eigenvalue weighted by Crippen LogP contribution is 2.06. The Kier molecular flexibility index (Phi) is 2.06. The molecule has 2 rings (SSSR count). The molecule has 0 bridgehead atoms. The maximum Gasteiger partial charge on any atom is 0.328 e. The minimum absolute atomic E-state index is 0.0335. The summed E-state index contributed by atoms with van der Waals surface area (Å²) in [5.41, 5.74) is 1.21. The molecular formula is C9H10N2OS. The van der Waals surface area contributed by atoms with Gasteiger partial charge in [0.25, 0.3) is 0 Å². The van der Waals surface area contributed by atoms with E-state index in [0.29, 0.717) is 6.54 Å². The van der Waals surface area contributed by atoms with Gasteiger partial charge in [-0.2, -0.15) is 11.3 Å². The molecule has 0 radical (unpaired) electrons. The van der Waals surface area contributed by atoms with Crippen LogP contribution in [0.2, 0.25) is 0 Å².